The van der Waals surface area contributed by atoms with Gasteiger partial charge in [0.15, 0.2) is 0 Å². The highest BCUT2D eigenvalue weighted by Gasteiger charge is 2.32. The summed E-state index contributed by atoms with van der Waals surface area (Å²) in [6.07, 6.45) is 0. The lowest BCUT2D eigenvalue weighted by atomic mass is 9.55. The molecule has 1 aromatic heterocycles. The zero-order valence-electron chi connectivity index (χ0n) is 47.4. The highest BCUT2D eigenvalue weighted by atomic mass is 16.3. The van der Waals surface area contributed by atoms with E-state index in [1.165, 1.54) is 219 Å². The van der Waals surface area contributed by atoms with Crippen molar-refractivity contribution in [3.8, 4) is 33.4 Å². The molecule has 69 heavy (non-hydrogen) atoms. The van der Waals surface area contributed by atoms with Crippen LogP contribution in [0.15, 0.2) is 4.42 Å². The lowest BCUT2D eigenvalue weighted by Crippen LogP contribution is -2.56. The standard InChI is InChI=1S/C42H52B26O/c43-15-8(13-24(52)33(61)37(65)34(62)25(13)53)9-12(23(51)32(60)31(59)22(9)50)16(44)11(15)2-5-3(17(45)27(55)29(57)19(5)47)1(4-6(2)20(48)30(58)28(56)18(4)46)7-10-14-26(54)35(63)38(66)40(68)42(14)69-41(10)39(67)36(64)21(7)49/h43-68H2. The number of hydrogen-bond acceptors (Lipinski definition) is 1. The van der Waals surface area contributed by atoms with Crippen LogP contribution in [0.3, 0.4) is 0 Å². The van der Waals surface area contributed by atoms with E-state index in [2.05, 4.69) is 204 Å². The summed E-state index contributed by atoms with van der Waals surface area (Å²) in [6, 6.07) is 0. The van der Waals surface area contributed by atoms with E-state index in [0.29, 0.717) is 0 Å². The number of rotatable bonds is 3. The normalized spacial score (nSPS) is 11.8. The van der Waals surface area contributed by atoms with Crippen molar-refractivity contribution in [3.63, 3.8) is 0 Å². The Labute approximate surface area is 435 Å². The van der Waals surface area contributed by atoms with Crippen molar-refractivity contribution >= 4 is 400 Å². The van der Waals surface area contributed by atoms with Gasteiger partial charge in [0.1, 0.15) is 215 Å². The summed E-state index contributed by atoms with van der Waals surface area (Å²) in [6.45, 7) is 0. The number of hydrogen-bond donors (Lipinski definition) is 0. The molecule has 1 nitrogen and oxygen atoms in total. The monoisotopic (exact) mass is 859 g/mol. The van der Waals surface area contributed by atoms with E-state index in [1.807, 2.05) is 0 Å². The van der Waals surface area contributed by atoms with Gasteiger partial charge in [-0.05, 0) is 65.7 Å². The maximum absolute atomic E-state index is 7.25. The molecule has 0 fully saturated rings. The third-order valence-electron chi connectivity index (χ3n) is 20.0. The van der Waals surface area contributed by atoms with Crippen LogP contribution in [0.1, 0.15) is 0 Å². The number of fused-ring (bicyclic) bond motifs is 6. The molecule has 1 heterocycles. The second-order valence-corrected chi connectivity index (χ2v) is 22.3. The van der Waals surface area contributed by atoms with Gasteiger partial charge >= 0.3 is 0 Å². The summed E-state index contributed by atoms with van der Waals surface area (Å²) in [5, 5.41) is 10.9. The van der Waals surface area contributed by atoms with Gasteiger partial charge in [0.2, 0.25) is 0 Å². The van der Waals surface area contributed by atoms with Gasteiger partial charge in [-0.2, -0.15) is 0 Å². The third kappa shape index (κ3) is 6.41. The molecule has 0 unspecified atom stereocenters. The largest absolute Gasteiger partial charge is 0.457 e. The minimum Gasteiger partial charge on any atom is -0.457 e. The molecule has 0 aliphatic heterocycles. The van der Waals surface area contributed by atoms with Crippen LogP contribution in [0.5, 0.6) is 0 Å². The van der Waals surface area contributed by atoms with Crippen LogP contribution >= 0.6 is 0 Å². The van der Waals surface area contributed by atoms with Gasteiger partial charge in [-0.15, -0.1) is 54.6 Å². The first-order valence-corrected chi connectivity index (χ1v) is 25.7. The highest BCUT2D eigenvalue weighted by Crippen LogP contribution is 2.43. The summed E-state index contributed by atoms with van der Waals surface area (Å²) in [7, 11) is 61.5. The molecule has 0 saturated carbocycles. The fourth-order valence-electron chi connectivity index (χ4n) is 13.6. The predicted octanol–water partition coefficient (Wildman–Crippen LogP) is -33.2. The zero-order valence-corrected chi connectivity index (χ0v) is 47.4. The van der Waals surface area contributed by atoms with Gasteiger partial charge in [-0.1, -0.05) is 87.4 Å². The molecule has 0 radical (unpaired) electrons. The summed E-state index contributed by atoms with van der Waals surface area (Å²) in [4.78, 5) is 0. The van der Waals surface area contributed by atoms with E-state index >= 15 is 0 Å². The van der Waals surface area contributed by atoms with E-state index in [-0.39, 0.29) is 0 Å². The Bertz CT molecular complexity index is 3860. The van der Waals surface area contributed by atoms with Crippen LogP contribution in [0, 0.1) is 0 Å². The van der Waals surface area contributed by atoms with Gasteiger partial charge in [-0.3, -0.25) is 0 Å². The summed E-state index contributed by atoms with van der Waals surface area (Å²) >= 11 is 0. The topological polar surface area (TPSA) is 13.1 Å². The lowest BCUT2D eigenvalue weighted by Gasteiger charge is -2.33. The van der Waals surface area contributed by atoms with Gasteiger partial charge in [0.25, 0.3) is 0 Å². The van der Waals surface area contributed by atoms with Crippen molar-refractivity contribution in [3.05, 3.63) is 0 Å². The highest BCUT2D eigenvalue weighted by molar-refractivity contribution is 6.77. The van der Waals surface area contributed by atoms with Crippen LogP contribution in [0.2, 0.25) is 0 Å². The quantitative estimate of drug-likeness (QED) is 0.127. The van der Waals surface area contributed by atoms with E-state index in [0.717, 1.165) is 11.2 Å². The Kier molecular flexibility index (Phi) is 12.2. The first kappa shape index (κ1) is 50.0. The lowest BCUT2D eigenvalue weighted by molar-refractivity contribution is 0.675. The first-order valence-electron chi connectivity index (χ1n) is 25.7. The van der Waals surface area contributed by atoms with Crippen molar-refractivity contribution < 1.29 is 4.42 Å². The Balaban J connectivity index is 1.70. The van der Waals surface area contributed by atoms with Gasteiger partial charge < -0.3 is 4.42 Å². The molecule has 0 bridgehead atoms. The minimum absolute atomic E-state index is 1.03. The average molecular weight is 854 g/mol. The third-order valence-corrected chi connectivity index (χ3v) is 20.0. The zero-order chi connectivity index (χ0) is 51.0. The fraction of sp³-hybridized carbons (Fsp3) is 0. The predicted molar refractivity (Wildman–Crippen MR) is 395 cm³/mol. The van der Waals surface area contributed by atoms with Crippen LogP contribution in [-0.2, 0) is 0 Å². The smallest absolute Gasteiger partial charge is 0.143 e. The first-order chi connectivity index (χ1) is 32.2. The van der Waals surface area contributed by atoms with Crippen molar-refractivity contribution in [2.75, 3.05) is 0 Å². The molecule has 0 saturated heterocycles. The molecule has 0 aliphatic rings. The van der Waals surface area contributed by atoms with E-state index < -0.39 is 0 Å². The molecule has 0 aliphatic carbocycles. The summed E-state index contributed by atoms with van der Waals surface area (Å²) in [5.74, 6) is 0. The van der Waals surface area contributed by atoms with Crippen LogP contribution in [0.4, 0.5) is 0 Å². The Morgan fingerprint density at radius 3 is 0.739 bits per heavy atom. The van der Waals surface area contributed by atoms with Crippen molar-refractivity contribution in [2.45, 2.75) is 0 Å². The average Bonchev–Trinajstić information content (AvgIpc) is 3.72. The van der Waals surface area contributed by atoms with Gasteiger partial charge in [0, 0.05) is 10.8 Å². The molecule has 304 valence electrons. The van der Waals surface area contributed by atoms with E-state index in [4.69, 9.17) is 4.42 Å². The molecule has 0 atom stereocenters. The molecular weight excluding hydrogens is 802 g/mol. The maximum Gasteiger partial charge on any atom is 0.143 e. The van der Waals surface area contributed by atoms with Gasteiger partial charge in [-0.25, -0.2) is 0 Å². The van der Waals surface area contributed by atoms with Crippen molar-refractivity contribution in [2.24, 2.45) is 0 Å². The van der Waals surface area contributed by atoms with Crippen LogP contribution in [0.25, 0.3) is 87.6 Å². The number of benzene rings is 8. The molecular formula is C42H52B26O. The molecule has 0 N–H and O–H groups in total. The molecule has 27 heteroatoms. The molecule has 8 aromatic carbocycles. The van der Waals surface area contributed by atoms with E-state index in [1.54, 1.807) is 0 Å². The number of furan rings is 1. The van der Waals surface area contributed by atoms with Crippen LogP contribution < -0.4 is 142 Å². The second-order valence-electron chi connectivity index (χ2n) is 22.3. The Hall–Kier alpha value is -3.97. The molecule has 9 rings (SSSR count). The Morgan fingerprint density at radius 2 is 0.348 bits per heavy atom. The van der Waals surface area contributed by atoms with E-state index in [9.17, 15) is 0 Å². The summed E-state index contributed by atoms with van der Waals surface area (Å²) < 4.78 is 7.25. The van der Waals surface area contributed by atoms with Crippen molar-refractivity contribution in [1.82, 2.24) is 0 Å². The van der Waals surface area contributed by atoms with Gasteiger partial charge in [0.05, 0.1) is 0 Å². The summed E-state index contributed by atoms with van der Waals surface area (Å²) in [5.41, 5.74) is 45.8. The molecule has 9 aromatic rings. The maximum atomic E-state index is 7.25. The molecule has 0 amide bonds. The van der Waals surface area contributed by atoms with Crippen LogP contribution in [-0.4, -0.2) is 204 Å². The second kappa shape index (κ2) is 16.8. The van der Waals surface area contributed by atoms with Crippen molar-refractivity contribution in [1.29, 1.82) is 0 Å². The molecule has 0 spiro atoms. The SMILES string of the molecule is Bc1c(B)c(B)c(-c2c(B)c(-c3c4c(B)c(B)c(B)c(B)c4c(-c4c(B)c(B)c(B)c5oc6c(B)c(B)c(B)c(B)c6c45)c4c(B)c(B)c(B)c(B)c34)c(B)c3c(B)c(B)c(B)c(B)c23)c(B)c1B. The Morgan fingerprint density at radius 1 is 0.130 bits per heavy atom. The fourth-order valence-corrected chi connectivity index (χ4v) is 13.6. The minimum atomic E-state index is 1.03.